The molecular formula is C24H23F2NO2. The fraction of sp³-hybridized carbons (Fsp3) is 0.167. The van der Waals surface area contributed by atoms with Crippen molar-refractivity contribution in [3.8, 4) is 5.75 Å². The van der Waals surface area contributed by atoms with Gasteiger partial charge in [-0.1, -0.05) is 36.4 Å². The van der Waals surface area contributed by atoms with E-state index in [0.29, 0.717) is 6.42 Å². The lowest BCUT2D eigenvalue weighted by Crippen LogP contribution is -2.23. The number of hydrogen-bond donors (Lipinski definition) is 3. The predicted octanol–water partition coefficient (Wildman–Crippen LogP) is 5.54. The molecule has 0 aliphatic carbocycles. The van der Waals surface area contributed by atoms with Crippen LogP contribution in [0.3, 0.4) is 0 Å². The van der Waals surface area contributed by atoms with Gasteiger partial charge in [0.15, 0.2) is 0 Å². The number of aromatic hydroxyl groups is 1. The van der Waals surface area contributed by atoms with E-state index >= 15 is 0 Å². The van der Waals surface area contributed by atoms with Crippen molar-refractivity contribution in [1.29, 1.82) is 0 Å². The molecule has 3 N–H and O–H groups in total. The van der Waals surface area contributed by atoms with Gasteiger partial charge in [-0.25, -0.2) is 8.78 Å². The summed E-state index contributed by atoms with van der Waals surface area (Å²) in [6, 6.07) is 18.7. The topological polar surface area (TPSA) is 52.5 Å². The van der Waals surface area contributed by atoms with E-state index in [9.17, 15) is 19.0 Å². The van der Waals surface area contributed by atoms with Gasteiger partial charge in [-0.3, -0.25) is 0 Å². The van der Waals surface area contributed by atoms with E-state index in [0.717, 1.165) is 16.8 Å². The Morgan fingerprint density at radius 2 is 1.41 bits per heavy atom. The van der Waals surface area contributed by atoms with Gasteiger partial charge in [0.05, 0.1) is 6.04 Å². The Morgan fingerprint density at radius 1 is 0.828 bits per heavy atom. The summed E-state index contributed by atoms with van der Waals surface area (Å²) in [5.74, 6) is -0.628. The van der Waals surface area contributed by atoms with E-state index in [1.54, 1.807) is 48.5 Å². The summed E-state index contributed by atoms with van der Waals surface area (Å²) in [6.07, 6.45) is 4.38. The van der Waals surface area contributed by atoms with Crippen LogP contribution >= 0.6 is 0 Å². The number of phenolic OH excluding ortho intramolecular Hbond substituents is 1. The number of hydrogen-bond acceptors (Lipinski definition) is 3. The van der Waals surface area contributed by atoms with Crippen LogP contribution in [0.5, 0.6) is 5.75 Å². The monoisotopic (exact) mass is 395 g/mol. The molecule has 3 aromatic rings. The van der Waals surface area contributed by atoms with Gasteiger partial charge in [-0.05, 0) is 66.1 Å². The summed E-state index contributed by atoms with van der Waals surface area (Å²) in [5.41, 5.74) is 2.49. The van der Waals surface area contributed by atoms with Gasteiger partial charge in [0.25, 0.3) is 0 Å². The average Bonchev–Trinajstić information content (AvgIpc) is 2.73. The highest BCUT2D eigenvalue weighted by molar-refractivity contribution is 5.49. The molecule has 0 aromatic heterocycles. The van der Waals surface area contributed by atoms with Crippen molar-refractivity contribution in [3.05, 3.63) is 102 Å². The number of aliphatic hydroxyl groups excluding tert-OH is 1. The molecule has 0 fully saturated rings. The van der Waals surface area contributed by atoms with Crippen molar-refractivity contribution >= 4 is 11.8 Å². The van der Waals surface area contributed by atoms with E-state index in [2.05, 4.69) is 5.32 Å². The summed E-state index contributed by atoms with van der Waals surface area (Å²) in [4.78, 5) is 0. The first kappa shape index (κ1) is 20.6. The molecule has 0 amide bonds. The van der Waals surface area contributed by atoms with Crippen molar-refractivity contribution in [1.82, 2.24) is 0 Å². The third-order valence-corrected chi connectivity index (χ3v) is 4.74. The van der Waals surface area contributed by atoms with E-state index in [4.69, 9.17) is 0 Å². The summed E-state index contributed by atoms with van der Waals surface area (Å²) in [5, 5.41) is 23.0. The molecule has 3 aromatic carbocycles. The fourth-order valence-corrected chi connectivity index (χ4v) is 3.15. The average molecular weight is 395 g/mol. The molecule has 0 heterocycles. The number of halogens is 2. The molecule has 0 aliphatic rings. The fourth-order valence-electron chi connectivity index (χ4n) is 3.15. The third kappa shape index (κ3) is 5.90. The normalized spacial score (nSPS) is 13.3. The molecule has 0 saturated carbocycles. The van der Waals surface area contributed by atoms with E-state index in [1.165, 1.54) is 24.3 Å². The number of allylic oxidation sites excluding steroid dienone is 1. The number of phenols is 1. The zero-order valence-corrected chi connectivity index (χ0v) is 15.8. The van der Waals surface area contributed by atoms with Crippen LogP contribution in [0, 0.1) is 17.6 Å². The zero-order chi connectivity index (χ0) is 20.6. The molecule has 0 bridgehead atoms. The number of rotatable bonds is 8. The van der Waals surface area contributed by atoms with Gasteiger partial charge < -0.3 is 15.5 Å². The Kier molecular flexibility index (Phi) is 6.98. The SMILES string of the molecule is OC[C@H](C/C=C/c1ccc(F)cc1)[C@H](Nc1ccc(F)cc1)c1ccc(O)cc1. The lowest BCUT2D eigenvalue weighted by atomic mass is 9.90. The number of nitrogens with one attached hydrogen (secondary N) is 1. The lowest BCUT2D eigenvalue weighted by Gasteiger charge is -2.27. The van der Waals surface area contributed by atoms with E-state index < -0.39 is 0 Å². The molecule has 3 nitrogen and oxygen atoms in total. The van der Waals surface area contributed by atoms with Gasteiger partial charge in [0.2, 0.25) is 0 Å². The molecule has 0 radical (unpaired) electrons. The minimum atomic E-state index is -0.322. The molecule has 29 heavy (non-hydrogen) atoms. The predicted molar refractivity (Wildman–Crippen MR) is 111 cm³/mol. The van der Waals surface area contributed by atoms with Crippen molar-refractivity contribution in [2.75, 3.05) is 11.9 Å². The van der Waals surface area contributed by atoms with Crippen LogP contribution < -0.4 is 5.32 Å². The molecular weight excluding hydrogens is 372 g/mol. The van der Waals surface area contributed by atoms with Gasteiger partial charge in [0, 0.05) is 18.2 Å². The van der Waals surface area contributed by atoms with Crippen LogP contribution in [0.25, 0.3) is 6.08 Å². The summed E-state index contributed by atoms with van der Waals surface area (Å²) in [6.45, 7) is -0.0759. The zero-order valence-electron chi connectivity index (χ0n) is 15.8. The molecule has 0 aliphatic heterocycles. The van der Waals surface area contributed by atoms with Gasteiger partial charge in [0.1, 0.15) is 17.4 Å². The number of benzene rings is 3. The van der Waals surface area contributed by atoms with E-state index in [-0.39, 0.29) is 36.0 Å². The molecule has 0 unspecified atom stereocenters. The Morgan fingerprint density at radius 3 is 2.00 bits per heavy atom. The summed E-state index contributed by atoms with van der Waals surface area (Å²) < 4.78 is 26.3. The van der Waals surface area contributed by atoms with Crippen molar-refractivity contribution in [2.24, 2.45) is 5.92 Å². The highest BCUT2D eigenvalue weighted by atomic mass is 19.1. The van der Waals surface area contributed by atoms with Crippen LogP contribution in [0.15, 0.2) is 78.9 Å². The second-order valence-electron chi connectivity index (χ2n) is 6.85. The highest BCUT2D eigenvalue weighted by Crippen LogP contribution is 2.30. The first-order chi connectivity index (χ1) is 14.0. The molecule has 0 saturated heterocycles. The van der Waals surface area contributed by atoms with Crippen LogP contribution in [-0.4, -0.2) is 16.8 Å². The Balaban J connectivity index is 1.80. The number of aliphatic hydroxyl groups is 1. The quantitative estimate of drug-likeness (QED) is 0.470. The maximum Gasteiger partial charge on any atom is 0.123 e. The Hall–Kier alpha value is -3.18. The maximum absolute atomic E-state index is 13.2. The second-order valence-corrected chi connectivity index (χ2v) is 6.85. The van der Waals surface area contributed by atoms with E-state index in [1.807, 2.05) is 12.2 Å². The van der Waals surface area contributed by atoms with Gasteiger partial charge in [-0.2, -0.15) is 0 Å². The minimum absolute atomic E-state index is 0.0759. The standard InChI is InChI=1S/C24H23F2NO2/c25-20-8-4-17(5-9-20)2-1-3-19(16-28)24(18-6-14-23(29)15-7-18)27-22-12-10-21(26)11-13-22/h1-2,4-15,19,24,27-29H,3,16H2/b2-1+/t19-,24+/m0/s1. The largest absolute Gasteiger partial charge is 0.508 e. The third-order valence-electron chi connectivity index (χ3n) is 4.74. The molecule has 2 atom stereocenters. The van der Waals surface area contributed by atoms with Gasteiger partial charge in [-0.15, -0.1) is 0 Å². The van der Waals surface area contributed by atoms with Crippen LogP contribution in [-0.2, 0) is 0 Å². The Labute approximate surface area is 169 Å². The minimum Gasteiger partial charge on any atom is -0.508 e. The molecule has 0 spiro atoms. The van der Waals surface area contributed by atoms with Crippen LogP contribution in [0.2, 0.25) is 0 Å². The summed E-state index contributed by atoms with van der Waals surface area (Å²) >= 11 is 0. The van der Waals surface area contributed by atoms with Crippen molar-refractivity contribution < 1.29 is 19.0 Å². The first-order valence-corrected chi connectivity index (χ1v) is 9.39. The lowest BCUT2D eigenvalue weighted by molar-refractivity contribution is 0.211. The smallest absolute Gasteiger partial charge is 0.123 e. The van der Waals surface area contributed by atoms with Crippen molar-refractivity contribution in [3.63, 3.8) is 0 Å². The van der Waals surface area contributed by atoms with Gasteiger partial charge >= 0.3 is 0 Å². The van der Waals surface area contributed by atoms with Crippen LogP contribution in [0.4, 0.5) is 14.5 Å². The van der Waals surface area contributed by atoms with Crippen LogP contribution in [0.1, 0.15) is 23.6 Å². The Bertz CT molecular complexity index is 923. The maximum atomic E-state index is 13.2. The molecule has 150 valence electrons. The number of anilines is 1. The summed E-state index contributed by atoms with van der Waals surface area (Å²) in [7, 11) is 0. The molecule has 3 rings (SSSR count). The second kappa shape index (κ2) is 9.85. The van der Waals surface area contributed by atoms with Crippen molar-refractivity contribution in [2.45, 2.75) is 12.5 Å². The first-order valence-electron chi connectivity index (χ1n) is 9.39. The highest BCUT2D eigenvalue weighted by Gasteiger charge is 2.22. The molecule has 5 heteroatoms.